The molecule has 0 aromatic carbocycles. The third kappa shape index (κ3) is 11.1. The molecule has 0 aliphatic rings. The first-order valence-corrected chi connectivity index (χ1v) is 1.92. The summed E-state index contributed by atoms with van der Waals surface area (Å²) < 4.78 is 0. The molecule has 0 radical (unpaired) electrons. The molecule has 0 heterocycles. The summed E-state index contributed by atoms with van der Waals surface area (Å²) in [5.74, 6) is 0. The summed E-state index contributed by atoms with van der Waals surface area (Å²) in [4.78, 5) is -2.14. The van der Waals surface area contributed by atoms with Gasteiger partial charge < -0.3 is 10.6 Å². The Morgan fingerprint density at radius 2 is 1.67 bits per heavy atom. The van der Waals surface area contributed by atoms with Crippen LogP contribution in [0, 0.1) is 0 Å². The van der Waals surface area contributed by atoms with Crippen LogP contribution in [0.5, 0.6) is 0 Å². The summed E-state index contributed by atoms with van der Waals surface area (Å²) >= 11 is 0. The zero-order valence-electron chi connectivity index (χ0n) is 4.55. The molecule has 56 valence electrons. The first-order valence-electron chi connectivity index (χ1n) is 1.92. The lowest BCUT2D eigenvalue weighted by molar-refractivity contribution is -1.36. The Morgan fingerprint density at radius 1 is 1.22 bits per heavy atom. The summed E-state index contributed by atoms with van der Waals surface area (Å²) in [5.41, 5.74) is 0. The minimum Gasteiger partial charge on any atom is -0.870 e. The Labute approximate surface area is 51.3 Å². The van der Waals surface area contributed by atoms with Crippen molar-refractivity contribution in [1.82, 2.24) is 0 Å². The number of nitrogens with zero attached hydrogens (tertiary/aromatic N) is 1. The SMILES string of the molecule is OC=CC[N+](O)(O)O.[OH-]. The summed E-state index contributed by atoms with van der Waals surface area (Å²) in [6, 6.07) is 0. The molecule has 0 spiro atoms. The van der Waals surface area contributed by atoms with E-state index in [9.17, 15) is 0 Å². The molecule has 0 saturated heterocycles. The monoisotopic (exact) mass is 139 g/mol. The van der Waals surface area contributed by atoms with Crippen molar-refractivity contribution in [2.24, 2.45) is 0 Å². The van der Waals surface area contributed by atoms with E-state index in [1.165, 1.54) is 0 Å². The van der Waals surface area contributed by atoms with Gasteiger partial charge >= 0.3 is 0 Å². The summed E-state index contributed by atoms with van der Waals surface area (Å²) in [6.07, 6.45) is 1.59. The van der Waals surface area contributed by atoms with Gasteiger partial charge in [-0.3, -0.25) is 0 Å². The fourth-order valence-corrected chi connectivity index (χ4v) is 0.189. The van der Waals surface area contributed by atoms with Crippen molar-refractivity contribution in [2.75, 3.05) is 6.54 Å². The standard InChI is InChI=1S/C3H7NO4.H2O/c5-3-1-2-4(6,7)8;/h1,3,6-8H,2H2;1H2. The third-order valence-electron chi connectivity index (χ3n) is 0.456. The molecular weight excluding hydrogens is 130 g/mol. The third-order valence-corrected chi connectivity index (χ3v) is 0.456. The molecule has 9 heavy (non-hydrogen) atoms. The molecule has 0 bridgehead atoms. The molecule has 6 heteroatoms. The van der Waals surface area contributed by atoms with E-state index in [1.54, 1.807) is 0 Å². The van der Waals surface area contributed by atoms with Crippen LogP contribution >= 0.6 is 0 Å². The molecule has 0 saturated carbocycles. The lowest BCUT2D eigenvalue weighted by Gasteiger charge is -2.06. The van der Waals surface area contributed by atoms with E-state index in [0.717, 1.165) is 6.08 Å². The van der Waals surface area contributed by atoms with Crippen molar-refractivity contribution in [3.8, 4) is 0 Å². The smallest absolute Gasteiger partial charge is 0.198 e. The second-order valence-corrected chi connectivity index (χ2v) is 1.26. The molecule has 0 aliphatic carbocycles. The highest BCUT2D eigenvalue weighted by Gasteiger charge is 2.13. The normalized spacial score (nSPS) is 11.4. The van der Waals surface area contributed by atoms with E-state index in [0.29, 0.717) is 6.26 Å². The van der Waals surface area contributed by atoms with Crippen molar-refractivity contribution in [3.05, 3.63) is 12.3 Å². The number of aliphatic hydroxyl groups is 1. The number of aliphatic hydroxyl groups excluding tert-OH is 1. The molecule has 6 nitrogen and oxygen atoms in total. The second-order valence-electron chi connectivity index (χ2n) is 1.26. The second kappa shape index (κ2) is 4.24. The quantitative estimate of drug-likeness (QED) is 0.242. The van der Waals surface area contributed by atoms with Crippen LogP contribution in [0.1, 0.15) is 0 Å². The van der Waals surface area contributed by atoms with Gasteiger partial charge in [-0.15, -0.1) is 15.6 Å². The van der Waals surface area contributed by atoms with Gasteiger partial charge in [0.25, 0.3) is 0 Å². The summed E-state index contributed by atoms with van der Waals surface area (Å²) in [6.45, 7) is -0.462. The minimum atomic E-state index is -2.14. The largest absolute Gasteiger partial charge is 0.870 e. The van der Waals surface area contributed by atoms with E-state index < -0.39 is 11.5 Å². The van der Waals surface area contributed by atoms with Gasteiger partial charge in [0.05, 0.1) is 11.2 Å². The van der Waals surface area contributed by atoms with Gasteiger partial charge in [-0.2, -0.15) is 0 Å². The molecule has 0 amide bonds. The van der Waals surface area contributed by atoms with Crippen molar-refractivity contribution >= 4 is 0 Å². The summed E-state index contributed by atoms with van der Waals surface area (Å²) in [7, 11) is 0. The van der Waals surface area contributed by atoms with Gasteiger partial charge in [-0.1, -0.05) is 0 Å². The van der Waals surface area contributed by atoms with Crippen molar-refractivity contribution in [2.45, 2.75) is 0 Å². The Bertz CT molecular complexity index is 84.7. The number of hydrogen-bond acceptors (Lipinski definition) is 5. The van der Waals surface area contributed by atoms with E-state index in [4.69, 9.17) is 20.7 Å². The fourth-order valence-electron chi connectivity index (χ4n) is 0.189. The lowest BCUT2D eigenvalue weighted by atomic mass is 10.6. The van der Waals surface area contributed by atoms with E-state index >= 15 is 0 Å². The highest BCUT2D eigenvalue weighted by atomic mass is 17.1. The summed E-state index contributed by atoms with van der Waals surface area (Å²) in [5, 5.41) is 32.0. The molecule has 0 rings (SSSR count). The first-order chi connectivity index (χ1) is 3.56. The molecular formula is C3H9NO5. The fraction of sp³-hybridized carbons (Fsp3) is 0.333. The zero-order valence-corrected chi connectivity index (χ0v) is 4.55. The molecule has 0 fully saturated rings. The van der Waals surface area contributed by atoms with Crippen LogP contribution in [0.15, 0.2) is 12.3 Å². The van der Waals surface area contributed by atoms with Crippen LogP contribution in [0.2, 0.25) is 0 Å². The van der Waals surface area contributed by atoms with Crippen LogP contribution in [-0.2, 0) is 0 Å². The first kappa shape index (κ1) is 11.2. The Kier molecular flexibility index (Phi) is 5.27. The minimum absolute atomic E-state index is 0. The van der Waals surface area contributed by atoms with Gasteiger partial charge in [0, 0.05) is 6.08 Å². The van der Waals surface area contributed by atoms with Crippen LogP contribution in [0.3, 0.4) is 0 Å². The predicted molar refractivity (Wildman–Crippen MR) is 24.2 cm³/mol. The van der Waals surface area contributed by atoms with Crippen molar-refractivity contribution in [1.29, 1.82) is 0 Å². The molecule has 0 aromatic heterocycles. The maximum atomic E-state index is 8.04. The maximum absolute atomic E-state index is 8.04. The Hall–Kier alpha value is -0.660. The van der Waals surface area contributed by atoms with Gasteiger partial charge in [0.2, 0.25) is 0 Å². The maximum Gasteiger partial charge on any atom is 0.198 e. The lowest BCUT2D eigenvalue weighted by Crippen LogP contribution is -2.36. The molecule has 0 unspecified atom stereocenters. The van der Waals surface area contributed by atoms with Gasteiger partial charge in [-0.25, -0.2) is 0 Å². The van der Waals surface area contributed by atoms with E-state index in [1.807, 2.05) is 0 Å². The Balaban J connectivity index is 0. The highest BCUT2D eigenvalue weighted by Crippen LogP contribution is 1.85. The van der Waals surface area contributed by atoms with Crippen LogP contribution in [-0.4, -0.2) is 37.7 Å². The number of hydrogen-bond donors (Lipinski definition) is 4. The number of rotatable bonds is 2. The number of quaternary nitrogens is 1. The molecule has 0 aromatic rings. The molecule has 5 N–H and O–H groups in total. The van der Waals surface area contributed by atoms with Gasteiger partial charge in [-0.05, 0) is 0 Å². The Morgan fingerprint density at radius 3 is 1.78 bits per heavy atom. The highest BCUT2D eigenvalue weighted by molar-refractivity contribution is 4.68. The van der Waals surface area contributed by atoms with E-state index in [-0.39, 0.29) is 5.48 Å². The predicted octanol–water partition coefficient (Wildman–Crippen LogP) is -0.134. The van der Waals surface area contributed by atoms with Crippen LogP contribution in [0.4, 0.5) is 0 Å². The van der Waals surface area contributed by atoms with Crippen LogP contribution in [0.25, 0.3) is 0 Å². The number of hydroxylamine groups is 3. The van der Waals surface area contributed by atoms with Gasteiger partial charge in [0.1, 0.15) is 0 Å². The van der Waals surface area contributed by atoms with Crippen molar-refractivity contribution < 1.29 is 31.2 Å². The average Bonchev–Trinajstić information content (AvgIpc) is 1.59. The van der Waals surface area contributed by atoms with Crippen molar-refractivity contribution in [3.63, 3.8) is 0 Å². The van der Waals surface area contributed by atoms with E-state index in [2.05, 4.69) is 0 Å². The zero-order chi connectivity index (χ0) is 6.62. The molecule has 0 atom stereocenters. The van der Waals surface area contributed by atoms with Crippen LogP contribution < -0.4 is 0 Å². The van der Waals surface area contributed by atoms with Gasteiger partial charge in [0.15, 0.2) is 6.54 Å². The average molecular weight is 139 g/mol. The molecule has 0 aliphatic heterocycles. The topological polar surface area (TPSA) is 111 Å².